The number of fused-ring (bicyclic) bond motifs is 1. The van der Waals surface area contributed by atoms with E-state index in [0.29, 0.717) is 28.7 Å². The number of carboxylic acids is 1. The lowest BCUT2D eigenvalue weighted by molar-refractivity contribution is -0.142. The van der Waals surface area contributed by atoms with Crippen molar-refractivity contribution in [1.29, 1.82) is 0 Å². The number of nitrogens with zero attached hydrogens (tertiary/aromatic N) is 4. The number of carbonyl (C=O) groups is 2. The van der Waals surface area contributed by atoms with Crippen LogP contribution in [-0.4, -0.2) is 95.5 Å². The van der Waals surface area contributed by atoms with Crippen molar-refractivity contribution in [1.82, 2.24) is 20.1 Å². The zero-order valence-corrected chi connectivity index (χ0v) is 19.3. The Balaban J connectivity index is 1.54. The molecule has 0 saturated carbocycles. The monoisotopic (exact) mass is 483 g/mol. The van der Waals surface area contributed by atoms with Crippen LogP contribution in [0.5, 0.6) is 0 Å². The Morgan fingerprint density at radius 2 is 2.21 bits per heavy atom. The van der Waals surface area contributed by atoms with Gasteiger partial charge in [-0.1, -0.05) is 6.92 Å². The smallest absolute Gasteiger partial charge is 0.337 e. The molecule has 4 heterocycles. The van der Waals surface area contributed by atoms with Crippen LogP contribution in [0.25, 0.3) is 0 Å². The Labute approximate surface area is 194 Å². The number of esters is 1. The van der Waals surface area contributed by atoms with Crippen LogP contribution < -0.4 is 5.32 Å². The molecule has 4 rings (SSSR count). The molecule has 3 atom stereocenters. The zero-order chi connectivity index (χ0) is 23.8. The summed E-state index contributed by atoms with van der Waals surface area (Å²) in [5.74, 6) is -5.40. The number of ether oxygens (including phenoxy) is 1. The molecule has 0 aromatic carbocycles. The number of hydrogen-bond donors (Lipinski definition) is 2. The number of aliphatic imine (C=N–C) groups is 1. The van der Waals surface area contributed by atoms with Gasteiger partial charge in [0.2, 0.25) is 0 Å². The molecule has 0 bridgehead atoms. The topological polar surface area (TPSA) is 107 Å². The quantitative estimate of drug-likeness (QED) is 0.533. The normalized spacial score (nSPS) is 26.0. The number of nitrogens with one attached hydrogen (secondary N) is 1. The lowest BCUT2D eigenvalue weighted by Gasteiger charge is -2.29. The number of carboxylic acid groups (broad SMARTS) is 1. The van der Waals surface area contributed by atoms with E-state index in [1.807, 2.05) is 0 Å². The van der Waals surface area contributed by atoms with E-state index in [2.05, 4.69) is 15.3 Å². The fourth-order valence-corrected chi connectivity index (χ4v) is 5.26. The van der Waals surface area contributed by atoms with Gasteiger partial charge in [0.05, 0.1) is 37.1 Å². The minimum Gasteiger partial charge on any atom is -0.481 e. The molecule has 2 saturated heterocycles. The molecule has 12 heteroatoms. The predicted molar refractivity (Wildman–Crippen MR) is 117 cm³/mol. The number of likely N-dealkylation sites (tertiary alicyclic amines) is 2. The van der Waals surface area contributed by atoms with Crippen molar-refractivity contribution < 1.29 is 28.2 Å². The summed E-state index contributed by atoms with van der Waals surface area (Å²) in [5, 5.41) is 14.8. The minimum atomic E-state index is -2.91. The van der Waals surface area contributed by atoms with Crippen LogP contribution in [0.4, 0.5) is 8.78 Å². The van der Waals surface area contributed by atoms with Gasteiger partial charge in [-0.2, -0.15) is 0 Å². The van der Waals surface area contributed by atoms with Crippen LogP contribution in [0, 0.1) is 11.8 Å². The number of alkyl halides is 2. The van der Waals surface area contributed by atoms with Gasteiger partial charge in [-0.05, 0) is 6.92 Å². The highest BCUT2D eigenvalue weighted by Crippen LogP contribution is 2.42. The second-order valence-corrected chi connectivity index (χ2v) is 9.50. The van der Waals surface area contributed by atoms with Crippen LogP contribution in [0.15, 0.2) is 27.8 Å². The molecule has 2 N–H and O–H groups in total. The zero-order valence-electron chi connectivity index (χ0n) is 18.5. The average Bonchev–Trinajstić information content (AvgIpc) is 3.47. The highest BCUT2D eigenvalue weighted by Gasteiger charge is 2.58. The third kappa shape index (κ3) is 4.92. The Morgan fingerprint density at radius 3 is 2.88 bits per heavy atom. The minimum absolute atomic E-state index is 0.0800. The molecule has 3 aliphatic heterocycles. The van der Waals surface area contributed by atoms with Crippen LogP contribution in [0.3, 0.4) is 0 Å². The summed E-state index contributed by atoms with van der Waals surface area (Å²) in [4.78, 5) is 35.9. The molecule has 9 nitrogen and oxygen atoms in total. The van der Waals surface area contributed by atoms with E-state index in [4.69, 9.17) is 4.74 Å². The lowest BCUT2D eigenvalue weighted by Crippen LogP contribution is -2.43. The summed E-state index contributed by atoms with van der Waals surface area (Å²) >= 11 is 1.39. The number of thiazole rings is 1. The first-order valence-corrected chi connectivity index (χ1v) is 11.7. The first-order chi connectivity index (χ1) is 15.7. The van der Waals surface area contributed by atoms with Crippen molar-refractivity contribution in [3.8, 4) is 0 Å². The maximum absolute atomic E-state index is 14.9. The van der Waals surface area contributed by atoms with E-state index in [9.17, 15) is 23.5 Å². The van der Waals surface area contributed by atoms with Gasteiger partial charge in [0.25, 0.3) is 5.92 Å². The molecule has 0 amide bonds. The van der Waals surface area contributed by atoms with Crippen molar-refractivity contribution in [3.05, 3.63) is 27.9 Å². The molecule has 1 aromatic rings. The predicted octanol–water partition coefficient (Wildman–Crippen LogP) is 1.28. The highest BCUT2D eigenvalue weighted by molar-refractivity contribution is 7.11. The Bertz CT molecular complexity index is 968. The number of halogens is 2. The molecule has 2 fully saturated rings. The third-order valence-electron chi connectivity index (χ3n) is 6.29. The summed E-state index contributed by atoms with van der Waals surface area (Å²) in [6.45, 7) is 3.97. The van der Waals surface area contributed by atoms with Crippen molar-refractivity contribution in [3.63, 3.8) is 0 Å². The maximum atomic E-state index is 14.9. The van der Waals surface area contributed by atoms with E-state index < -0.39 is 42.3 Å². The van der Waals surface area contributed by atoms with Crippen LogP contribution in [-0.2, 0) is 14.3 Å². The molecule has 0 spiro atoms. The second kappa shape index (κ2) is 9.43. The fraction of sp³-hybridized carbons (Fsp3) is 0.619. The molecule has 0 radical (unpaired) electrons. The molecular formula is C21H27F2N5O4S. The molecule has 3 aliphatic rings. The van der Waals surface area contributed by atoms with Gasteiger partial charge in [0.15, 0.2) is 10.8 Å². The van der Waals surface area contributed by atoms with Gasteiger partial charge in [-0.3, -0.25) is 14.7 Å². The summed E-state index contributed by atoms with van der Waals surface area (Å²) in [5.41, 5.74) is 0.806. The van der Waals surface area contributed by atoms with Crippen molar-refractivity contribution in [2.75, 3.05) is 45.9 Å². The van der Waals surface area contributed by atoms with E-state index >= 15 is 0 Å². The first kappa shape index (κ1) is 23.7. The molecule has 1 aromatic heterocycles. The molecule has 33 heavy (non-hydrogen) atoms. The van der Waals surface area contributed by atoms with E-state index in [-0.39, 0.29) is 32.8 Å². The highest BCUT2D eigenvalue weighted by atomic mass is 32.1. The first-order valence-electron chi connectivity index (χ1n) is 10.9. The number of aliphatic carboxylic acids is 1. The van der Waals surface area contributed by atoms with E-state index in [1.54, 1.807) is 35.2 Å². The third-order valence-corrected chi connectivity index (χ3v) is 7.07. The number of hydrogen-bond acceptors (Lipinski definition) is 9. The van der Waals surface area contributed by atoms with Gasteiger partial charge >= 0.3 is 11.9 Å². The largest absolute Gasteiger partial charge is 0.481 e. The molecular weight excluding hydrogens is 456 g/mol. The maximum Gasteiger partial charge on any atom is 0.337 e. The van der Waals surface area contributed by atoms with E-state index in [0.717, 1.165) is 0 Å². The van der Waals surface area contributed by atoms with Crippen LogP contribution in [0.1, 0.15) is 18.9 Å². The van der Waals surface area contributed by atoms with Crippen molar-refractivity contribution in [2.45, 2.75) is 25.8 Å². The van der Waals surface area contributed by atoms with Gasteiger partial charge in [-0.15, -0.1) is 11.3 Å². The standard InChI is InChI=1S/C21H27F2N5O4S/c1-3-32-20(31)13-6-25-17(18-24-4-5-33-18)26-15(13)9-28-11-21(22,23)14-8-27(10-16(14)28)7-12(2)19(29)30/h4-5,12,14,16H,3,6-11H2,1-2H3,(H,25,26)(H,29,30). The van der Waals surface area contributed by atoms with Gasteiger partial charge in [0, 0.05) is 49.5 Å². The molecule has 3 unspecified atom stereocenters. The summed E-state index contributed by atoms with van der Waals surface area (Å²) in [7, 11) is 0. The van der Waals surface area contributed by atoms with Gasteiger partial charge in [0.1, 0.15) is 0 Å². The Hall–Kier alpha value is -2.44. The summed E-state index contributed by atoms with van der Waals surface area (Å²) < 4.78 is 35.0. The fourth-order valence-electron chi connectivity index (χ4n) is 4.66. The summed E-state index contributed by atoms with van der Waals surface area (Å²) in [6.07, 6.45) is 1.64. The second-order valence-electron chi connectivity index (χ2n) is 8.60. The van der Waals surface area contributed by atoms with Crippen LogP contribution >= 0.6 is 11.3 Å². The SMILES string of the molecule is CCOC(=O)C1=C(CN2CC(F)(F)C3CN(CC(C)C(=O)O)CC32)NC(c2nccs2)=NC1. The molecule has 0 aliphatic carbocycles. The van der Waals surface area contributed by atoms with Crippen molar-refractivity contribution >= 4 is 29.1 Å². The Kier molecular flexibility index (Phi) is 6.78. The number of aromatic nitrogens is 1. The number of carbonyl (C=O) groups excluding carboxylic acids is 1. The van der Waals surface area contributed by atoms with Crippen LogP contribution in [0.2, 0.25) is 0 Å². The number of rotatable bonds is 8. The summed E-state index contributed by atoms with van der Waals surface area (Å²) in [6, 6.07) is -0.444. The van der Waals surface area contributed by atoms with Crippen molar-refractivity contribution in [2.24, 2.45) is 16.8 Å². The lowest BCUT2D eigenvalue weighted by atomic mass is 10.0. The van der Waals surface area contributed by atoms with Gasteiger partial charge in [-0.25, -0.2) is 18.6 Å². The number of amidine groups is 1. The average molecular weight is 484 g/mol. The molecule has 180 valence electrons. The Morgan fingerprint density at radius 1 is 1.42 bits per heavy atom. The van der Waals surface area contributed by atoms with Gasteiger partial charge < -0.3 is 20.1 Å². The van der Waals surface area contributed by atoms with E-state index in [1.165, 1.54) is 11.3 Å².